The molecule has 0 radical (unpaired) electrons. The molecule has 0 aliphatic carbocycles. The fraction of sp³-hybridized carbons (Fsp3) is 0.231. The Morgan fingerprint density at radius 3 is 2.76 bits per heavy atom. The number of carbonyl (C=O) groups excluding carboxylic acids is 2. The Morgan fingerprint density at radius 1 is 1.38 bits per heavy atom. The summed E-state index contributed by atoms with van der Waals surface area (Å²) in [7, 11) is 0. The average molecular weight is 288 g/mol. The fourth-order valence-corrected chi connectivity index (χ4v) is 1.77. The van der Waals surface area contributed by atoms with Crippen molar-refractivity contribution in [1.82, 2.24) is 20.1 Å². The molecular weight excluding hydrogens is 272 g/mol. The van der Waals surface area contributed by atoms with E-state index in [2.05, 4.69) is 20.7 Å². The maximum Gasteiger partial charge on any atom is 0.319 e. The van der Waals surface area contributed by atoms with Gasteiger partial charge in [-0.15, -0.1) is 0 Å². The molecule has 4 N–H and O–H groups in total. The van der Waals surface area contributed by atoms with E-state index in [0.717, 1.165) is 5.56 Å². The number of nitrogens with two attached hydrogens (primary N) is 1. The molecule has 110 valence electrons. The van der Waals surface area contributed by atoms with Crippen molar-refractivity contribution in [1.29, 1.82) is 0 Å². The van der Waals surface area contributed by atoms with Gasteiger partial charge >= 0.3 is 6.03 Å². The van der Waals surface area contributed by atoms with Crippen LogP contribution in [0.2, 0.25) is 0 Å². The number of primary amides is 1. The van der Waals surface area contributed by atoms with E-state index >= 15 is 0 Å². The van der Waals surface area contributed by atoms with Crippen LogP contribution in [-0.2, 0) is 11.3 Å². The maximum atomic E-state index is 11.9. The lowest BCUT2D eigenvalue weighted by molar-refractivity contribution is -0.118. The van der Waals surface area contributed by atoms with Crippen LogP contribution >= 0.6 is 0 Å². The van der Waals surface area contributed by atoms with Gasteiger partial charge in [0.05, 0.1) is 17.9 Å². The number of urea groups is 1. The molecule has 1 unspecified atom stereocenters. The number of carbonyl (C=O) groups is 2. The summed E-state index contributed by atoms with van der Waals surface area (Å²) >= 11 is 0. The van der Waals surface area contributed by atoms with Gasteiger partial charge in [-0.3, -0.25) is 14.5 Å². The van der Waals surface area contributed by atoms with E-state index in [9.17, 15) is 9.59 Å². The van der Waals surface area contributed by atoms with Crippen molar-refractivity contribution in [3.8, 4) is 0 Å². The summed E-state index contributed by atoms with van der Waals surface area (Å²) < 4.78 is 1.35. The molecule has 0 spiro atoms. The molecule has 0 bridgehead atoms. The second kappa shape index (κ2) is 6.51. The zero-order valence-corrected chi connectivity index (χ0v) is 11.5. The molecule has 1 atom stereocenters. The molecule has 0 aromatic carbocycles. The molecule has 3 amide bonds. The molecule has 2 heterocycles. The monoisotopic (exact) mass is 288 g/mol. The molecule has 0 aliphatic rings. The Morgan fingerprint density at radius 2 is 2.10 bits per heavy atom. The van der Waals surface area contributed by atoms with E-state index in [4.69, 9.17) is 5.73 Å². The number of rotatable bonds is 5. The topological polar surface area (TPSA) is 115 Å². The summed E-state index contributed by atoms with van der Waals surface area (Å²) in [4.78, 5) is 26.5. The highest BCUT2D eigenvalue weighted by Crippen LogP contribution is 2.11. The Balaban J connectivity index is 1.89. The number of hydrogen-bond acceptors (Lipinski definition) is 4. The molecule has 8 heteroatoms. The van der Waals surface area contributed by atoms with Gasteiger partial charge in [-0.2, -0.15) is 5.10 Å². The highest BCUT2D eigenvalue weighted by molar-refractivity contribution is 5.89. The lowest BCUT2D eigenvalue weighted by Crippen LogP contribution is -2.31. The summed E-state index contributed by atoms with van der Waals surface area (Å²) in [6, 6.07) is 3.14. The highest BCUT2D eigenvalue weighted by atomic mass is 16.2. The van der Waals surface area contributed by atoms with Crippen molar-refractivity contribution < 1.29 is 9.59 Å². The van der Waals surface area contributed by atoms with Crippen molar-refractivity contribution in [3.05, 3.63) is 42.5 Å². The summed E-state index contributed by atoms with van der Waals surface area (Å²) in [6.07, 6.45) is 6.31. The zero-order chi connectivity index (χ0) is 15.2. The Labute approximate surface area is 121 Å². The Bertz CT molecular complexity index is 625. The summed E-state index contributed by atoms with van der Waals surface area (Å²) in [6.45, 7) is 1.84. The van der Waals surface area contributed by atoms with Crippen molar-refractivity contribution in [2.75, 3.05) is 5.32 Å². The number of nitrogens with zero attached hydrogens (tertiary/aromatic N) is 3. The third-order valence-corrected chi connectivity index (χ3v) is 2.76. The van der Waals surface area contributed by atoms with Crippen LogP contribution in [0.4, 0.5) is 10.5 Å². The third-order valence-electron chi connectivity index (χ3n) is 2.76. The summed E-state index contributed by atoms with van der Waals surface area (Å²) in [5, 5.41) is 9.34. The molecule has 0 fully saturated rings. The largest absolute Gasteiger partial charge is 0.368 e. The van der Waals surface area contributed by atoms with Crippen LogP contribution in [0.25, 0.3) is 0 Å². The third kappa shape index (κ3) is 4.30. The first-order chi connectivity index (χ1) is 10.0. The van der Waals surface area contributed by atoms with Gasteiger partial charge in [0.2, 0.25) is 5.91 Å². The predicted molar refractivity (Wildman–Crippen MR) is 76.2 cm³/mol. The Hall–Kier alpha value is -2.90. The molecule has 2 rings (SSSR count). The van der Waals surface area contributed by atoms with Crippen molar-refractivity contribution in [2.45, 2.75) is 19.5 Å². The van der Waals surface area contributed by atoms with E-state index < -0.39 is 5.91 Å². The highest BCUT2D eigenvalue weighted by Gasteiger charge is 2.10. The van der Waals surface area contributed by atoms with Gasteiger partial charge in [0, 0.05) is 18.6 Å². The molecule has 2 aromatic rings. The molecule has 0 saturated heterocycles. The quantitative estimate of drug-likeness (QED) is 0.749. The van der Waals surface area contributed by atoms with Crippen LogP contribution in [-0.4, -0.2) is 26.7 Å². The number of nitrogens with one attached hydrogen (secondary N) is 2. The predicted octanol–water partition coefficient (Wildman–Crippen LogP) is 0.646. The van der Waals surface area contributed by atoms with Crippen LogP contribution in [0.3, 0.4) is 0 Å². The SMILES string of the molecule is CC(NC(=O)Nc1cnn(CC(N)=O)c1)c1ccncc1. The molecule has 8 nitrogen and oxygen atoms in total. The van der Waals surface area contributed by atoms with Crippen molar-refractivity contribution >= 4 is 17.6 Å². The van der Waals surface area contributed by atoms with Crippen LogP contribution in [0.15, 0.2) is 36.9 Å². The Kier molecular flexibility index (Phi) is 4.50. The minimum atomic E-state index is -0.500. The van der Waals surface area contributed by atoms with Gasteiger partial charge in [0.1, 0.15) is 6.54 Å². The van der Waals surface area contributed by atoms with Gasteiger partial charge in [-0.25, -0.2) is 4.79 Å². The van der Waals surface area contributed by atoms with Crippen LogP contribution in [0.5, 0.6) is 0 Å². The average Bonchev–Trinajstić information content (AvgIpc) is 2.85. The van der Waals surface area contributed by atoms with Gasteiger partial charge in [0.15, 0.2) is 0 Å². The fourth-order valence-electron chi connectivity index (χ4n) is 1.77. The minimum absolute atomic E-state index is 0.0310. The molecular formula is C13H16N6O2. The van der Waals surface area contributed by atoms with Crippen molar-refractivity contribution in [2.24, 2.45) is 5.73 Å². The smallest absolute Gasteiger partial charge is 0.319 e. The van der Waals surface area contributed by atoms with E-state index in [1.807, 2.05) is 19.1 Å². The minimum Gasteiger partial charge on any atom is -0.368 e. The number of aromatic nitrogens is 3. The number of pyridine rings is 1. The lowest BCUT2D eigenvalue weighted by atomic mass is 10.1. The second-order valence-electron chi connectivity index (χ2n) is 4.49. The molecule has 0 saturated carbocycles. The molecule has 21 heavy (non-hydrogen) atoms. The van der Waals surface area contributed by atoms with Crippen molar-refractivity contribution in [3.63, 3.8) is 0 Å². The van der Waals surface area contributed by atoms with Gasteiger partial charge < -0.3 is 16.4 Å². The first kappa shape index (κ1) is 14.5. The van der Waals surface area contributed by atoms with E-state index in [1.165, 1.54) is 17.1 Å². The molecule has 0 aliphatic heterocycles. The first-order valence-corrected chi connectivity index (χ1v) is 6.33. The van der Waals surface area contributed by atoms with Gasteiger partial charge in [-0.1, -0.05) is 0 Å². The maximum absolute atomic E-state index is 11.9. The van der Waals surface area contributed by atoms with Crippen LogP contribution in [0.1, 0.15) is 18.5 Å². The number of hydrogen-bond donors (Lipinski definition) is 3. The lowest BCUT2D eigenvalue weighted by Gasteiger charge is -2.14. The number of amides is 3. The summed E-state index contributed by atoms with van der Waals surface area (Å²) in [5.74, 6) is -0.500. The second-order valence-corrected chi connectivity index (χ2v) is 4.49. The van der Waals surface area contributed by atoms with E-state index in [1.54, 1.807) is 12.4 Å². The number of anilines is 1. The van der Waals surface area contributed by atoms with E-state index in [0.29, 0.717) is 5.69 Å². The van der Waals surface area contributed by atoms with Gasteiger partial charge in [0.25, 0.3) is 0 Å². The zero-order valence-electron chi connectivity index (χ0n) is 11.5. The van der Waals surface area contributed by atoms with Crippen LogP contribution < -0.4 is 16.4 Å². The molecule has 2 aromatic heterocycles. The first-order valence-electron chi connectivity index (χ1n) is 6.33. The van der Waals surface area contributed by atoms with E-state index in [-0.39, 0.29) is 18.6 Å². The standard InChI is InChI=1S/C13H16N6O2/c1-9(10-2-4-15-5-3-10)17-13(21)18-11-6-16-19(7-11)8-12(14)20/h2-7,9H,8H2,1H3,(H2,14,20)(H2,17,18,21). The summed E-state index contributed by atoms with van der Waals surface area (Å²) in [5.41, 5.74) is 6.49. The normalized spacial score (nSPS) is 11.7. The van der Waals surface area contributed by atoms with Gasteiger partial charge in [-0.05, 0) is 24.6 Å². The van der Waals surface area contributed by atoms with Crippen LogP contribution in [0, 0.1) is 0 Å².